The van der Waals surface area contributed by atoms with Crippen molar-refractivity contribution >= 4 is 0 Å². The van der Waals surface area contributed by atoms with Crippen molar-refractivity contribution in [2.45, 2.75) is 32.7 Å². The van der Waals surface area contributed by atoms with Crippen LogP contribution in [-0.4, -0.2) is 23.5 Å². The Balaban J connectivity index is 2.16. The summed E-state index contributed by atoms with van der Waals surface area (Å²) in [7, 11) is 0. The lowest BCUT2D eigenvalue weighted by Crippen LogP contribution is -2.46. The maximum absolute atomic E-state index is 3.93. The molecule has 2 heteroatoms. The van der Waals surface area contributed by atoms with Gasteiger partial charge in [-0.05, 0) is 32.4 Å². The molecular formula is C13H20N2. The molecule has 2 heterocycles. The molecule has 0 fully saturated rings. The summed E-state index contributed by atoms with van der Waals surface area (Å²) in [5, 5.41) is 3.36. The summed E-state index contributed by atoms with van der Waals surface area (Å²) in [5.41, 5.74) is 4.06. The predicted octanol–water partition coefficient (Wildman–Crippen LogP) is 2.42. The quantitative estimate of drug-likeness (QED) is 0.652. The zero-order valence-electron chi connectivity index (χ0n) is 9.93. The third kappa shape index (κ3) is 2.15. The van der Waals surface area contributed by atoms with Crippen LogP contribution < -0.4 is 5.32 Å². The molecule has 0 aromatic carbocycles. The average Bonchev–Trinajstić information content (AvgIpc) is 2.15. The van der Waals surface area contributed by atoms with E-state index in [0.29, 0.717) is 0 Å². The van der Waals surface area contributed by atoms with Crippen molar-refractivity contribution in [1.29, 1.82) is 0 Å². The first kappa shape index (κ1) is 10.5. The van der Waals surface area contributed by atoms with E-state index in [9.17, 15) is 0 Å². The van der Waals surface area contributed by atoms with Gasteiger partial charge in [0.25, 0.3) is 0 Å². The van der Waals surface area contributed by atoms with E-state index in [1.54, 1.807) is 0 Å². The molecule has 0 bridgehead atoms. The molecule has 82 valence electrons. The Hall–Kier alpha value is -1.02. The summed E-state index contributed by atoms with van der Waals surface area (Å²) in [6.07, 6.45) is 5.37. The number of rotatable bonds is 0. The molecule has 1 N–H and O–H groups in total. The molecule has 0 unspecified atom stereocenters. The van der Waals surface area contributed by atoms with Crippen LogP contribution in [0, 0.1) is 0 Å². The van der Waals surface area contributed by atoms with Gasteiger partial charge in [-0.2, -0.15) is 0 Å². The van der Waals surface area contributed by atoms with Gasteiger partial charge in [0.1, 0.15) is 0 Å². The Labute approximate surface area is 92.3 Å². The molecule has 0 aromatic rings. The Morgan fingerprint density at radius 3 is 2.73 bits per heavy atom. The molecule has 2 nitrogen and oxygen atoms in total. The number of dihydropyridines is 1. The Morgan fingerprint density at radius 2 is 2.07 bits per heavy atom. The van der Waals surface area contributed by atoms with Crippen molar-refractivity contribution in [2.75, 3.05) is 13.1 Å². The minimum absolute atomic E-state index is 0.265. The largest absolute Gasteiger partial charge is 0.359 e. The van der Waals surface area contributed by atoms with Gasteiger partial charge >= 0.3 is 0 Å². The molecule has 2 rings (SSSR count). The lowest BCUT2D eigenvalue weighted by molar-refractivity contribution is 0.144. The third-order valence-electron chi connectivity index (χ3n) is 3.13. The van der Waals surface area contributed by atoms with Crippen LogP contribution in [0.1, 0.15) is 27.2 Å². The van der Waals surface area contributed by atoms with Crippen LogP contribution in [0.25, 0.3) is 0 Å². The van der Waals surface area contributed by atoms with Crippen LogP contribution in [-0.2, 0) is 0 Å². The van der Waals surface area contributed by atoms with E-state index in [1.807, 2.05) is 0 Å². The second kappa shape index (κ2) is 3.53. The number of nitrogens with zero attached hydrogens (tertiary/aromatic N) is 1. The molecule has 0 saturated heterocycles. The van der Waals surface area contributed by atoms with Crippen LogP contribution in [0.15, 0.2) is 35.7 Å². The molecule has 0 aliphatic carbocycles. The minimum atomic E-state index is 0.265. The first-order chi connectivity index (χ1) is 6.97. The molecule has 2 aliphatic heterocycles. The number of hydrogen-bond donors (Lipinski definition) is 1. The third-order valence-corrected chi connectivity index (χ3v) is 3.13. The number of nitrogens with one attached hydrogen (secondary N) is 1. The van der Waals surface area contributed by atoms with E-state index in [0.717, 1.165) is 25.2 Å². The highest BCUT2D eigenvalue weighted by molar-refractivity contribution is 5.39. The lowest BCUT2D eigenvalue weighted by atomic mass is 9.97. The van der Waals surface area contributed by atoms with E-state index in [2.05, 4.69) is 49.7 Å². The maximum atomic E-state index is 3.93. The SMILES string of the molecule is C=C1C=CC2=C(CCN(C(C)(C)C)C2)N1. The van der Waals surface area contributed by atoms with Crippen molar-refractivity contribution < 1.29 is 0 Å². The van der Waals surface area contributed by atoms with Gasteiger partial charge in [-0.15, -0.1) is 0 Å². The fraction of sp³-hybridized carbons (Fsp3) is 0.538. The monoisotopic (exact) mass is 204 g/mol. The van der Waals surface area contributed by atoms with Gasteiger partial charge in [-0.3, -0.25) is 4.90 Å². The first-order valence-corrected chi connectivity index (χ1v) is 5.58. The Bertz CT molecular complexity index is 342. The summed E-state index contributed by atoms with van der Waals surface area (Å²) in [5.74, 6) is 0. The second-order valence-electron chi connectivity index (χ2n) is 5.33. The highest BCUT2D eigenvalue weighted by atomic mass is 15.2. The van der Waals surface area contributed by atoms with Gasteiger partial charge in [-0.1, -0.05) is 12.7 Å². The highest BCUT2D eigenvalue weighted by Gasteiger charge is 2.27. The van der Waals surface area contributed by atoms with Gasteiger partial charge in [0.15, 0.2) is 0 Å². The topological polar surface area (TPSA) is 15.3 Å². The minimum Gasteiger partial charge on any atom is -0.359 e. The molecule has 2 aliphatic rings. The zero-order chi connectivity index (χ0) is 11.1. The van der Waals surface area contributed by atoms with Crippen LogP contribution >= 0.6 is 0 Å². The second-order valence-corrected chi connectivity index (χ2v) is 5.33. The average molecular weight is 204 g/mol. The van der Waals surface area contributed by atoms with E-state index in [1.165, 1.54) is 11.3 Å². The normalized spacial score (nSPS) is 22.7. The van der Waals surface area contributed by atoms with Crippen molar-refractivity contribution in [1.82, 2.24) is 10.2 Å². The van der Waals surface area contributed by atoms with E-state index >= 15 is 0 Å². The van der Waals surface area contributed by atoms with Gasteiger partial charge in [-0.25, -0.2) is 0 Å². The van der Waals surface area contributed by atoms with Gasteiger partial charge in [0.05, 0.1) is 0 Å². The first-order valence-electron chi connectivity index (χ1n) is 5.58. The van der Waals surface area contributed by atoms with Crippen molar-refractivity contribution in [3.63, 3.8) is 0 Å². The summed E-state index contributed by atoms with van der Waals surface area (Å²) in [4.78, 5) is 2.52. The summed E-state index contributed by atoms with van der Waals surface area (Å²) < 4.78 is 0. The van der Waals surface area contributed by atoms with E-state index in [4.69, 9.17) is 0 Å². The molecule has 15 heavy (non-hydrogen) atoms. The van der Waals surface area contributed by atoms with Crippen LogP contribution in [0.5, 0.6) is 0 Å². The van der Waals surface area contributed by atoms with Crippen LogP contribution in [0.3, 0.4) is 0 Å². The van der Waals surface area contributed by atoms with Crippen molar-refractivity contribution in [3.05, 3.63) is 35.7 Å². The molecule has 0 amide bonds. The van der Waals surface area contributed by atoms with E-state index < -0.39 is 0 Å². The molecule has 0 radical (unpaired) electrons. The number of allylic oxidation sites excluding steroid dienone is 1. The van der Waals surface area contributed by atoms with E-state index in [-0.39, 0.29) is 5.54 Å². The highest BCUT2D eigenvalue weighted by Crippen LogP contribution is 2.26. The van der Waals surface area contributed by atoms with Crippen molar-refractivity contribution in [2.24, 2.45) is 0 Å². The fourth-order valence-corrected chi connectivity index (χ4v) is 2.09. The van der Waals surface area contributed by atoms with Gasteiger partial charge in [0, 0.05) is 36.4 Å². The van der Waals surface area contributed by atoms with Crippen LogP contribution in [0.2, 0.25) is 0 Å². The standard InChI is InChI=1S/C13H20N2/c1-10-5-6-11-9-15(13(2,3)4)8-7-12(11)14-10/h5-6,14H,1,7-9H2,2-4H3. The summed E-state index contributed by atoms with van der Waals surface area (Å²) in [6.45, 7) is 12.9. The van der Waals surface area contributed by atoms with Gasteiger partial charge in [0.2, 0.25) is 0 Å². The van der Waals surface area contributed by atoms with Gasteiger partial charge < -0.3 is 5.32 Å². The fourth-order valence-electron chi connectivity index (χ4n) is 2.09. The maximum Gasteiger partial charge on any atom is 0.0308 e. The molecule has 0 aromatic heterocycles. The summed E-state index contributed by atoms with van der Waals surface area (Å²) >= 11 is 0. The molecule has 0 atom stereocenters. The Kier molecular flexibility index (Phi) is 2.47. The molecule has 0 saturated carbocycles. The smallest absolute Gasteiger partial charge is 0.0308 e. The number of hydrogen-bond acceptors (Lipinski definition) is 2. The zero-order valence-corrected chi connectivity index (χ0v) is 9.93. The predicted molar refractivity (Wildman–Crippen MR) is 64.4 cm³/mol. The molecular weight excluding hydrogens is 184 g/mol. The molecule has 0 spiro atoms. The lowest BCUT2D eigenvalue weighted by Gasteiger charge is -2.40. The van der Waals surface area contributed by atoms with Crippen molar-refractivity contribution in [3.8, 4) is 0 Å². The van der Waals surface area contributed by atoms with Crippen LogP contribution in [0.4, 0.5) is 0 Å². The Morgan fingerprint density at radius 1 is 1.33 bits per heavy atom. The summed E-state index contributed by atoms with van der Waals surface area (Å²) in [6, 6.07) is 0.